The zero-order valence-electron chi connectivity index (χ0n) is 59.3. The molecule has 5 unspecified atom stereocenters. The van der Waals surface area contributed by atoms with E-state index in [1.807, 2.05) is 0 Å². The second kappa shape index (κ2) is 69.8. The lowest BCUT2D eigenvalue weighted by atomic mass is 10.1. The van der Waals surface area contributed by atoms with Crippen molar-refractivity contribution in [2.24, 2.45) is 0 Å². The number of aliphatic hydroxyl groups excluding tert-OH is 2. The third kappa shape index (κ3) is 71.1. The summed E-state index contributed by atoms with van der Waals surface area (Å²) in [6.45, 7) is 2.48. The number of allylic oxidation sites excluding steroid dienone is 20. The molecule has 0 amide bonds. The smallest absolute Gasteiger partial charge is 0.463 e. The van der Waals surface area contributed by atoms with Gasteiger partial charge in [-0.2, -0.15) is 0 Å². The molecule has 0 saturated carbocycles. The van der Waals surface area contributed by atoms with Gasteiger partial charge in [-0.05, 0) is 135 Å². The van der Waals surface area contributed by atoms with Crippen molar-refractivity contribution in [3.63, 3.8) is 0 Å². The highest BCUT2D eigenvalue weighted by Crippen LogP contribution is 2.45. The molecule has 0 aromatic rings. The number of carbonyl (C=O) groups is 3. The van der Waals surface area contributed by atoms with Gasteiger partial charge in [0.15, 0.2) is 6.10 Å². The predicted octanol–water partition coefficient (Wildman–Crippen LogP) is 21.0. The molecule has 0 aliphatic rings. The molecule has 95 heavy (non-hydrogen) atoms. The summed E-state index contributed by atoms with van der Waals surface area (Å²) < 4.78 is 61.0. The predicted molar refractivity (Wildman–Crippen MR) is 390 cm³/mol. The summed E-state index contributed by atoms with van der Waals surface area (Å²) in [6.07, 6.45) is 81.0. The zero-order valence-corrected chi connectivity index (χ0v) is 61.1. The Hall–Kier alpha value is -4.05. The number of hydrogen-bond donors (Lipinski definition) is 4. The van der Waals surface area contributed by atoms with Gasteiger partial charge in [-0.15, -0.1) is 0 Å². The van der Waals surface area contributed by atoms with Crippen LogP contribution in [0.1, 0.15) is 290 Å². The van der Waals surface area contributed by atoms with Gasteiger partial charge >= 0.3 is 33.6 Å². The first kappa shape index (κ1) is 91.0. The number of carbonyl (C=O) groups excluding carboxylic acids is 3. The fourth-order valence-electron chi connectivity index (χ4n) is 9.52. The standard InChI is InChI=1S/C77H132O16P2/c1-4-7-10-13-16-19-22-25-27-29-31-33-34-35-36-38-40-41-43-46-48-51-54-57-60-63-75(80)87-66-72(78)67-89-94(83,84)90-68-73(79)69-91-95(85,86)92-71-74(93-77(82)65-62-59-56-53-50-45-24-21-18-15-12-9-6-3)70-88-76(81)64-61-58-55-52-49-47-44-42-39-37-32-30-28-26-23-20-17-14-11-8-5-2/h8,11,16-17,19-21,24-28,31-33,35-37,42,44,72-74,78-79H,4-7,9-10,12-15,18,22-23,29-30,34,38-41,43,45-71H2,1-3H3,(H,83,84)(H,85,86)/b11-8-,19-16-,20-17-,24-21-,27-25-,28-26-,33-31-,36-35-,37-32-,44-42-. The molecule has 0 fully saturated rings. The summed E-state index contributed by atoms with van der Waals surface area (Å²) in [5, 5.41) is 20.6. The Bertz CT molecular complexity index is 2210. The second-order valence-corrected chi connectivity index (χ2v) is 27.3. The van der Waals surface area contributed by atoms with Crippen molar-refractivity contribution in [2.45, 2.75) is 309 Å². The molecule has 5 atom stereocenters. The first-order valence-corrected chi connectivity index (χ1v) is 39.8. The average Bonchev–Trinajstić information content (AvgIpc) is 1.83. The van der Waals surface area contributed by atoms with Gasteiger partial charge in [0, 0.05) is 19.3 Å². The number of phosphoric acid groups is 2. The Morgan fingerprint density at radius 3 is 0.916 bits per heavy atom. The lowest BCUT2D eigenvalue weighted by molar-refractivity contribution is -0.161. The quantitative estimate of drug-likeness (QED) is 0.0146. The van der Waals surface area contributed by atoms with Gasteiger partial charge < -0.3 is 34.2 Å². The first-order chi connectivity index (χ1) is 46.2. The Morgan fingerprint density at radius 2 is 0.558 bits per heavy atom. The van der Waals surface area contributed by atoms with Crippen LogP contribution in [-0.4, -0.2) is 95.9 Å². The van der Waals surface area contributed by atoms with E-state index < -0.39 is 91.5 Å². The molecule has 0 heterocycles. The van der Waals surface area contributed by atoms with Crippen molar-refractivity contribution in [3.05, 3.63) is 122 Å². The SMILES string of the molecule is CC/C=C\C/C=C\C/C=C\C/C=C\C/C=C\CCCCCCCC(=O)OCC(COP(=O)(O)OCC(O)COP(=O)(O)OCC(O)COC(=O)CCCCCCCCCCC/C=C\C/C=C\C/C=C\C/C=C\CCCCC)OC(=O)CCCCCCC/C=C\CCCCCC. The maximum Gasteiger partial charge on any atom is 0.472 e. The van der Waals surface area contributed by atoms with Gasteiger partial charge in [-0.1, -0.05) is 258 Å². The van der Waals surface area contributed by atoms with E-state index in [1.54, 1.807) is 0 Å². The van der Waals surface area contributed by atoms with E-state index in [4.69, 9.17) is 32.3 Å². The van der Waals surface area contributed by atoms with Gasteiger partial charge in [0.2, 0.25) is 0 Å². The summed E-state index contributed by atoms with van der Waals surface area (Å²) in [4.78, 5) is 58.5. The fourth-order valence-corrected chi connectivity index (χ4v) is 11.1. The van der Waals surface area contributed by atoms with Crippen molar-refractivity contribution in [1.82, 2.24) is 0 Å². The van der Waals surface area contributed by atoms with E-state index in [0.29, 0.717) is 19.3 Å². The third-order valence-electron chi connectivity index (χ3n) is 15.1. The van der Waals surface area contributed by atoms with Gasteiger partial charge in [-0.25, -0.2) is 9.13 Å². The number of ether oxygens (including phenoxy) is 3. The first-order valence-electron chi connectivity index (χ1n) is 36.8. The Labute approximate surface area is 576 Å². The van der Waals surface area contributed by atoms with Gasteiger partial charge in [0.05, 0.1) is 26.4 Å². The lowest BCUT2D eigenvalue weighted by Crippen LogP contribution is -2.30. The third-order valence-corrected chi connectivity index (χ3v) is 17.0. The van der Waals surface area contributed by atoms with Crippen LogP contribution in [0.15, 0.2) is 122 Å². The molecule has 0 rings (SSSR count). The fraction of sp³-hybridized carbons (Fsp3) is 0.701. The summed E-state index contributed by atoms with van der Waals surface area (Å²) >= 11 is 0. The molecule has 0 radical (unpaired) electrons. The molecule has 0 spiro atoms. The number of phosphoric ester groups is 2. The van der Waals surface area contributed by atoms with Crippen LogP contribution in [0.3, 0.4) is 0 Å². The van der Waals surface area contributed by atoms with E-state index >= 15 is 0 Å². The molecule has 0 bridgehead atoms. The highest BCUT2D eigenvalue weighted by Gasteiger charge is 2.29. The molecular formula is C77H132O16P2. The Kier molecular flexibility index (Phi) is 66.9. The van der Waals surface area contributed by atoms with Crippen molar-refractivity contribution < 1.29 is 75.8 Å². The average molecular weight is 1380 g/mol. The highest BCUT2D eigenvalue weighted by molar-refractivity contribution is 7.47. The van der Waals surface area contributed by atoms with Crippen LogP contribution in [0, 0.1) is 0 Å². The minimum absolute atomic E-state index is 0.0874. The summed E-state index contributed by atoms with van der Waals surface area (Å²) in [5.41, 5.74) is 0. The minimum Gasteiger partial charge on any atom is -0.463 e. The molecule has 16 nitrogen and oxygen atoms in total. The van der Waals surface area contributed by atoms with Crippen LogP contribution in [0.25, 0.3) is 0 Å². The summed E-state index contributed by atoms with van der Waals surface area (Å²) in [5.74, 6) is -1.61. The van der Waals surface area contributed by atoms with Crippen LogP contribution in [-0.2, 0) is 55.8 Å². The van der Waals surface area contributed by atoms with E-state index in [-0.39, 0.29) is 19.3 Å². The molecule has 0 aromatic carbocycles. The van der Waals surface area contributed by atoms with Crippen molar-refractivity contribution in [3.8, 4) is 0 Å². The van der Waals surface area contributed by atoms with Crippen LogP contribution >= 0.6 is 15.6 Å². The van der Waals surface area contributed by atoms with E-state index in [1.165, 1.54) is 77.0 Å². The molecule has 0 aliphatic heterocycles. The monoisotopic (exact) mass is 1370 g/mol. The molecule has 0 aliphatic carbocycles. The maximum atomic E-state index is 12.9. The number of unbranched alkanes of at least 4 members (excludes halogenated alkanes) is 26. The van der Waals surface area contributed by atoms with Crippen molar-refractivity contribution in [1.29, 1.82) is 0 Å². The van der Waals surface area contributed by atoms with Crippen molar-refractivity contribution in [2.75, 3.05) is 39.6 Å². The Morgan fingerprint density at radius 1 is 0.305 bits per heavy atom. The molecule has 0 saturated heterocycles. The van der Waals surface area contributed by atoms with Crippen LogP contribution in [0.2, 0.25) is 0 Å². The molecule has 4 N–H and O–H groups in total. The number of aliphatic hydroxyl groups is 2. The number of rotatable bonds is 69. The normalized spacial score (nSPS) is 14.8. The molecular weight excluding hydrogens is 1240 g/mol. The van der Waals surface area contributed by atoms with Gasteiger partial charge in [0.25, 0.3) is 0 Å². The molecule has 18 heteroatoms. The summed E-state index contributed by atoms with van der Waals surface area (Å²) in [7, 11) is -9.79. The van der Waals surface area contributed by atoms with Gasteiger partial charge in [-0.3, -0.25) is 32.5 Å². The van der Waals surface area contributed by atoms with Crippen molar-refractivity contribution >= 4 is 33.6 Å². The highest BCUT2D eigenvalue weighted by atomic mass is 31.2. The largest absolute Gasteiger partial charge is 0.472 e. The topological polar surface area (TPSA) is 231 Å². The minimum atomic E-state index is -4.93. The zero-order chi connectivity index (χ0) is 69.5. The van der Waals surface area contributed by atoms with Crippen LogP contribution in [0.5, 0.6) is 0 Å². The molecule has 546 valence electrons. The number of hydrogen-bond acceptors (Lipinski definition) is 14. The van der Waals surface area contributed by atoms with Gasteiger partial charge in [0.1, 0.15) is 25.4 Å². The second-order valence-electron chi connectivity index (χ2n) is 24.4. The van der Waals surface area contributed by atoms with E-state index in [2.05, 4.69) is 142 Å². The van der Waals surface area contributed by atoms with E-state index in [9.17, 15) is 43.5 Å². The number of esters is 3. The lowest BCUT2D eigenvalue weighted by Gasteiger charge is -2.21. The Balaban J connectivity index is 4.59. The maximum absolute atomic E-state index is 12.9. The van der Waals surface area contributed by atoms with Crippen LogP contribution in [0.4, 0.5) is 0 Å². The van der Waals surface area contributed by atoms with E-state index in [0.717, 1.165) is 154 Å². The molecule has 0 aromatic heterocycles. The van der Waals surface area contributed by atoms with Crippen LogP contribution < -0.4 is 0 Å². The summed E-state index contributed by atoms with van der Waals surface area (Å²) in [6, 6.07) is 0.